The van der Waals surface area contributed by atoms with Gasteiger partial charge in [0.25, 0.3) is 0 Å². The number of hydrogen-bond acceptors (Lipinski definition) is 3. The van der Waals surface area contributed by atoms with Gasteiger partial charge in [-0.2, -0.15) is 0 Å². The number of rotatable bonds is 1. The fraction of sp³-hybridized carbons (Fsp3) is 0.727. The minimum Gasteiger partial charge on any atom is -0.454 e. The number of carbonyl (C=O) groups excluding carboxylic acids is 2. The smallest absolute Gasteiger partial charge is 0.303 e. The first-order valence-electron chi connectivity index (χ1n) is 9.85. The van der Waals surface area contributed by atoms with Crippen molar-refractivity contribution in [2.45, 2.75) is 85.7 Å². The third-order valence-electron chi connectivity index (χ3n) is 6.95. The summed E-state index contributed by atoms with van der Waals surface area (Å²) >= 11 is 0. The van der Waals surface area contributed by atoms with E-state index in [1.54, 1.807) is 0 Å². The first-order valence-corrected chi connectivity index (χ1v) is 9.85. The number of hydrogen-bond donors (Lipinski definition) is 0. The van der Waals surface area contributed by atoms with Gasteiger partial charge in [0.2, 0.25) is 0 Å². The first-order chi connectivity index (χ1) is 11.8. The highest BCUT2D eigenvalue weighted by atomic mass is 16.5. The Morgan fingerprint density at radius 2 is 1.88 bits per heavy atom. The van der Waals surface area contributed by atoms with E-state index in [9.17, 15) is 9.59 Å². The zero-order valence-electron chi connectivity index (χ0n) is 16.4. The van der Waals surface area contributed by atoms with Gasteiger partial charge in [-0.25, -0.2) is 0 Å². The molecule has 1 saturated carbocycles. The molecule has 3 heteroatoms. The summed E-state index contributed by atoms with van der Waals surface area (Å²) in [6.07, 6.45) is 6.81. The zero-order valence-corrected chi connectivity index (χ0v) is 16.4. The van der Waals surface area contributed by atoms with Crippen LogP contribution < -0.4 is 0 Å². The largest absolute Gasteiger partial charge is 0.454 e. The maximum absolute atomic E-state index is 13.3. The summed E-state index contributed by atoms with van der Waals surface area (Å²) in [7, 11) is 0. The molecule has 0 aromatic carbocycles. The molecule has 0 unspecified atom stereocenters. The van der Waals surface area contributed by atoms with E-state index >= 15 is 0 Å². The van der Waals surface area contributed by atoms with E-state index < -0.39 is 6.10 Å². The van der Waals surface area contributed by atoms with E-state index in [-0.39, 0.29) is 23.1 Å². The van der Waals surface area contributed by atoms with Crippen molar-refractivity contribution in [2.24, 2.45) is 17.3 Å². The van der Waals surface area contributed by atoms with Gasteiger partial charge in [-0.05, 0) is 63.9 Å². The van der Waals surface area contributed by atoms with Crippen molar-refractivity contribution in [2.75, 3.05) is 0 Å². The molecule has 2 bridgehead atoms. The van der Waals surface area contributed by atoms with Crippen molar-refractivity contribution in [1.29, 1.82) is 0 Å². The lowest BCUT2D eigenvalue weighted by atomic mass is 9.63. The van der Waals surface area contributed by atoms with Gasteiger partial charge < -0.3 is 4.74 Å². The highest BCUT2D eigenvalue weighted by molar-refractivity contribution is 6.02. The van der Waals surface area contributed by atoms with Crippen LogP contribution in [0.15, 0.2) is 22.3 Å². The van der Waals surface area contributed by atoms with Gasteiger partial charge in [-0.1, -0.05) is 37.0 Å². The van der Waals surface area contributed by atoms with Crippen LogP contribution in [0.25, 0.3) is 0 Å². The molecule has 0 aromatic rings. The van der Waals surface area contributed by atoms with Crippen LogP contribution in [0.2, 0.25) is 0 Å². The molecule has 0 radical (unpaired) electrons. The fourth-order valence-electron chi connectivity index (χ4n) is 5.50. The summed E-state index contributed by atoms with van der Waals surface area (Å²) in [5.41, 5.74) is 4.91. The van der Waals surface area contributed by atoms with E-state index in [1.165, 1.54) is 36.5 Å². The standard InChI is InChI=1S/C22H32O3/c1-13-7-6-8-14(2)17-11-12-22(5)19(17)15(3)18(10-9-13)20(24)21(22)25-16(4)23/h13,19,21H,6-12H2,1-5H3/b17-14-/t13-,19+,21-,22-/m0/s1. The second kappa shape index (κ2) is 6.74. The molecule has 0 aliphatic heterocycles. The fourth-order valence-corrected chi connectivity index (χ4v) is 5.50. The number of carbonyl (C=O) groups is 2. The highest BCUT2D eigenvalue weighted by Crippen LogP contribution is 2.58. The number of ether oxygens (including phenoxy) is 1. The molecule has 0 N–H and O–H groups in total. The summed E-state index contributed by atoms with van der Waals surface area (Å²) in [5.74, 6) is 0.614. The van der Waals surface area contributed by atoms with Crippen LogP contribution in [0.5, 0.6) is 0 Å². The average molecular weight is 344 g/mol. The quantitative estimate of drug-likeness (QED) is 0.488. The lowest BCUT2D eigenvalue weighted by molar-refractivity contribution is -0.161. The molecule has 0 heterocycles. The molecular weight excluding hydrogens is 312 g/mol. The predicted octanol–water partition coefficient (Wildman–Crippen LogP) is 5.15. The summed E-state index contributed by atoms with van der Waals surface area (Å²) in [4.78, 5) is 25.0. The van der Waals surface area contributed by atoms with Gasteiger partial charge in [0, 0.05) is 18.3 Å². The van der Waals surface area contributed by atoms with Crippen LogP contribution in [0.3, 0.4) is 0 Å². The maximum atomic E-state index is 13.3. The van der Waals surface area contributed by atoms with E-state index in [0.29, 0.717) is 5.92 Å². The van der Waals surface area contributed by atoms with Crippen LogP contribution in [0.4, 0.5) is 0 Å². The second-order valence-electron chi connectivity index (χ2n) is 8.80. The number of Topliss-reactive ketones (excluding diaryl/α,β-unsaturated/α-hetero) is 1. The molecule has 3 rings (SSSR count). The average Bonchev–Trinajstić information content (AvgIpc) is 2.89. The third kappa shape index (κ3) is 3.11. The van der Waals surface area contributed by atoms with Gasteiger partial charge in [-0.15, -0.1) is 0 Å². The number of ketones is 1. The first kappa shape index (κ1) is 18.4. The van der Waals surface area contributed by atoms with Crippen LogP contribution in [-0.4, -0.2) is 17.9 Å². The Labute approximate surface area is 151 Å². The number of esters is 1. The van der Waals surface area contributed by atoms with E-state index in [0.717, 1.165) is 37.7 Å². The lowest BCUT2D eigenvalue weighted by Gasteiger charge is -2.43. The molecular formula is C22H32O3. The molecule has 0 spiro atoms. The Bertz CT molecular complexity index is 654. The van der Waals surface area contributed by atoms with Crippen molar-refractivity contribution in [3.05, 3.63) is 22.3 Å². The molecule has 0 aromatic heterocycles. The Kier molecular flexibility index (Phi) is 4.96. The molecule has 3 aliphatic carbocycles. The lowest BCUT2D eigenvalue weighted by Crippen LogP contribution is -2.49. The Morgan fingerprint density at radius 3 is 2.56 bits per heavy atom. The van der Waals surface area contributed by atoms with Crippen molar-refractivity contribution in [3.63, 3.8) is 0 Å². The minimum atomic E-state index is -0.616. The summed E-state index contributed by atoms with van der Waals surface area (Å²) in [5, 5.41) is 0. The number of allylic oxidation sites excluding steroid dienone is 3. The third-order valence-corrected chi connectivity index (χ3v) is 6.95. The van der Waals surface area contributed by atoms with Crippen molar-refractivity contribution in [1.82, 2.24) is 0 Å². The molecule has 1 fully saturated rings. The predicted molar refractivity (Wildman–Crippen MR) is 99.0 cm³/mol. The molecule has 138 valence electrons. The van der Waals surface area contributed by atoms with E-state index in [1.807, 2.05) is 0 Å². The Balaban J connectivity index is 2.14. The van der Waals surface area contributed by atoms with Gasteiger partial charge in [0.05, 0.1) is 0 Å². The molecule has 3 nitrogen and oxygen atoms in total. The van der Waals surface area contributed by atoms with Gasteiger partial charge >= 0.3 is 5.97 Å². The van der Waals surface area contributed by atoms with Gasteiger partial charge in [-0.3, -0.25) is 9.59 Å². The molecule has 3 aliphatic rings. The highest BCUT2D eigenvalue weighted by Gasteiger charge is 2.56. The molecule has 0 saturated heterocycles. The van der Waals surface area contributed by atoms with Crippen LogP contribution in [-0.2, 0) is 14.3 Å². The van der Waals surface area contributed by atoms with Gasteiger partial charge in [0.15, 0.2) is 11.9 Å². The summed E-state index contributed by atoms with van der Waals surface area (Å²) in [6.45, 7) is 10.3. The topological polar surface area (TPSA) is 43.4 Å². The molecule has 4 atom stereocenters. The van der Waals surface area contributed by atoms with Crippen LogP contribution in [0, 0.1) is 17.3 Å². The van der Waals surface area contributed by atoms with Crippen molar-refractivity contribution >= 4 is 11.8 Å². The van der Waals surface area contributed by atoms with Crippen molar-refractivity contribution < 1.29 is 14.3 Å². The van der Waals surface area contributed by atoms with E-state index in [2.05, 4.69) is 27.7 Å². The summed E-state index contributed by atoms with van der Waals surface area (Å²) in [6, 6.07) is 0. The van der Waals surface area contributed by atoms with Gasteiger partial charge in [0.1, 0.15) is 0 Å². The zero-order chi connectivity index (χ0) is 18.4. The van der Waals surface area contributed by atoms with Crippen molar-refractivity contribution in [3.8, 4) is 0 Å². The normalized spacial score (nSPS) is 39.2. The SMILES string of the molecule is CC(=O)O[C@H]1C(=O)C2=C(C)[C@@H]3/C(=C(/C)CCC[C@H](C)CC2)CC[C@@]31C. The Hall–Kier alpha value is -1.38. The minimum absolute atomic E-state index is 0.0665. The Morgan fingerprint density at radius 1 is 1.16 bits per heavy atom. The van der Waals surface area contributed by atoms with Crippen LogP contribution >= 0.6 is 0 Å². The van der Waals surface area contributed by atoms with Crippen LogP contribution in [0.1, 0.15) is 79.6 Å². The van der Waals surface area contributed by atoms with E-state index in [4.69, 9.17) is 4.74 Å². The summed E-state index contributed by atoms with van der Waals surface area (Å²) < 4.78 is 5.64. The monoisotopic (exact) mass is 344 g/mol. The maximum Gasteiger partial charge on any atom is 0.303 e. The second-order valence-corrected chi connectivity index (χ2v) is 8.80. The molecule has 25 heavy (non-hydrogen) atoms. The molecule has 0 amide bonds.